The molecule has 142 valence electrons. The van der Waals surface area contributed by atoms with E-state index in [1.807, 2.05) is 18.2 Å². The summed E-state index contributed by atoms with van der Waals surface area (Å²) in [6, 6.07) is 5.40. The van der Waals surface area contributed by atoms with Crippen LogP contribution in [0.4, 0.5) is 10.8 Å². The highest BCUT2D eigenvalue weighted by molar-refractivity contribution is 7.13. The van der Waals surface area contributed by atoms with Crippen LogP contribution in [-0.4, -0.2) is 41.8 Å². The van der Waals surface area contributed by atoms with Crippen LogP contribution in [0.15, 0.2) is 41.9 Å². The van der Waals surface area contributed by atoms with Crippen LogP contribution in [0.1, 0.15) is 0 Å². The molecule has 2 bridgehead atoms. The number of benzene rings is 1. The Morgan fingerprint density at radius 1 is 1.32 bits per heavy atom. The maximum Gasteiger partial charge on any atom is 0.234 e. The molecule has 6 rings (SSSR count). The SMILES string of the molecule is O=C(Nc1nccs1)[C@@H]1[C@@H]2C=C[C@@]3(CN(c4ccc5c(c4)OCO5)C(=O)[C@@H]13)O2. The summed E-state index contributed by atoms with van der Waals surface area (Å²) in [4.78, 5) is 32.0. The average molecular weight is 397 g/mol. The van der Waals surface area contributed by atoms with Gasteiger partial charge < -0.3 is 24.4 Å². The highest BCUT2D eigenvalue weighted by Gasteiger charge is 2.67. The molecule has 1 N–H and O–H groups in total. The van der Waals surface area contributed by atoms with Crippen LogP contribution in [0.3, 0.4) is 0 Å². The summed E-state index contributed by atoms with van der Waals surface area (Å²) in [5.41, 5.74) is -0.0687. The standard InChI is InChI=1S/C19H15N3O5S/c23-16(21-18-20-5-6-28-18)14-12-3-4-19(27-12)8-22(17(24)15(14)19)10-1-2-11-13(7-10)26-9-25-11/h1-7,12,14-15H,8-9H2,(H,20,21,23)/t12-,14+,15+,19-/m0/s1. The molecule has 0 radical (unpaired) electrons. The molecule has 8 nitrogen and oxygen atoms in total. The fourth-order valence-corrected chi connectivity index (χ4v) is 5.08. The number of nitrogens with one attached hydrogen (secondary N) is 1. The third-order valence-corrected chi connectivity index (χ3v) is 6.42. The van der Waals surface area contributed by atoms with Crippen LogP contribution in [-0.2, 0) is 14.3 Å². The Morgan fingerprint density at radius 2 is 2.21 bits per heavy atom. The van der Waals surface area contributed by atoms with Crippen molar-refractivity contribution >= 4 is 34.0 Å². The normalized spacial score (nSPS) is 31.5. The molecule has 28 heavy (non-hydrogen) atoms. The highest BCUT2D eigenvalue weighted by Crippen LogP contribution is 2.53. The maximum atomic E-state index is 13.3. The van der Waals surface area contributed by atoms with Gasteiger partial charge in [0.05, 0.1) is 24.5 Å². The lowest BCUT2D eigenvalue weighted by molar-refractivity contribution is -0.128. The van der Waals surface area contributed by atoms with Crippen molar-refractivity contribution in [3.05, 3.63) is 41.9 Å². The largest absolute Gasteiger partial charge is 0.454 e. The van der Waals surface area contributed by atoms with E-state index in [9.17, 15) is 9.59 Å². The van der Waals surface area contributed by atoms with Gasteiger partial charge >= 0.3 is 0 Å². The summed E-state index contributed by atoms with van der Waals surface area (Å²) in [7, 11) is 0. The van der Waals surface area contributed by atoms with Gasteiger partial charge in [0.25, 0.3) is 0 Å². The molecule has 4 aliphatic rings. The van der Waals surface area contributed by atoms with Gasteiger partial charge in [-0.25, -0.2) is 4.98 Å². The molecule has 2 fully saturated rings. The zero-order chi connectivity index (χ0) is 18.9. The van der Waals surface area contributed by atoms with Crippen molar-refractivity contribution in [1.82, 2.24) is 4.98 Å². The first-order valence-electron chi connectivity index (χ1n) is 8.93. The van der Waals surface area contributed by atoms with E-state index in [2.05, 4.69) is 10.3 Å². The summed E-state index contributed by atoms with van der Waals surface area (Å²) in [5.74, 6) is -0.236. The lowest BCUT2D eigenvalue weighted by atomic mass is 9.77. The third-order valence-electron chi connectivity index (χ3n) is 5.73. The quantitative estimate of drug-likeness (QED) is 0.795. The van der Waals surface area contributed by atoms with Crippen molar-refractivity contribution < 1.29 is 23.8 Å². The molecule has 2 amide bonds. The summed E-state index contributed by atoms with van der Waals surface area (Å²) >= 11 is 1.34. The lowest BCUT2D eigenvalue weighted by Gasteiger charge is -2.22. The Hall–Kier alpha value is -2.91. The van der Waals surface area contributed by atoms with Gasteiger partial charge in [-0.1, -0.05) is 12.2 Å². The predicted octanol–water partition coefficient (Wildman–Crippen LogP) is 1.80. The summed E-state index contributed by atoms with van der Waals surface area (Å²) < 4.78 is 16.9. The second kappa shape index (κ2) is 5.55. The third kappa shape index (κ3) is 2.11. The molecule has 1 aromatic carbocycles. The minimum absolute atomic E-state index is 0.120. The van der Waals surface area contributed by atoms with E-state index in [1.54, 1.807) is 28.6 Å². The molecule has 0 aliphatic carbocycles. The van der Waals surface area contributed by atoms with Gasteiger partial charge in [0.2, 0.25) is 18.6 Å². The first kappa shape index (κ1) is 16.1. The number of anilines is 2. The van der Waals surface area contributed by atoms with Crippen LogP contribution in [0, 0.1) is 11.8 Å². The first-order valence-corrected chi connectivity index (χ1v) is 9.81. The Kier molecular flexibility index (Phi) is 3.19. The Labute approximate surface area is 163 Å². The van der Waals surface area contributed by atoms with Gasteiger partial charge in [-0.2, -0.15) is 0 Å². The molecule has 5 heterocycles. The van der Waals surface area contributed by atoms with Crippen LogP contribution < -0.4 is 19.7 Å². The zero-order valence-corrected chi connectivity index (χ0v) is 15.3. The predicted molar refractivity (Wildman–Crippen MR) is 99.4 cm³/mol. The smallest absolute Gasteiger partial charge is 0.234 e. The number of carbonyl (C=O) groups excluding carboxylic acids is 2. The second-order valence-corrected chi connectivity index (χ2v) is 8.08. The van der Waals surface area contributed by atoms with Crippen molar-refractivity contribution in [2.45, 2.75) is 11.7 Å². The molecule has 1 spiro atoms. The Morgan fingerprint density at radius 3 is 3.07 bits per heavy atom. The molecule has 2 aromatic rings. The van der Waals surface area contributed by atoms with Gasteiger partial charge in [0, 0.05) is 23.3 Å². The number of carbonyl (C=O) groups is 2. The highest BCUT2D eigenvalue weighted by atomic mass is 32.1. The Bertz CT molecular complexity index is 1020. The van der Waals surface area contributed by atoms with E-state index in [1.165, 1.54) is 11.3 Å². The number of hydrogen-bond acceptors (Lipinski definition) is 7. The number of amides is 2. The lowest BCUT2D eigenvalue weighted by Crippen LogP contribution is -2.41. The Balaban J connectivity index is 1.32. The first-order chi connectivity index (χ1) is 13.6. The van der Waals surface area contributed by atoms with E-state index >= 15 is 0 Å². The van der Waals surface area contributed by atoms with Gasteiger partial charge in [-0.05, 0) is 12.1 Å². The topological polar surface area (TPSA) is 90.0 Å². The van der Waals surface area contributed by atoms with Gasteiger partial charge in [0.1, 0.15) is 5.60 Å². The van der Waals surface area contributed by atoms with E-state index in [-0.39, 0.29) is 18.6 Å². The second-order valence-electron chi connectivity index (χ2n) is 7.19. The van der Waals surface area contributed by atoms with Crippen molar-refractivity contribution in [3.8, 4) is 11.5 Å². The molecule has 9 heteroatoms. The van der Waals surface area contributed by atoms with Crippen molar-refractivity contribution in [2.24, 2.45) is 11.8 Å². The summed E-state index contributed by atoms with van der Waals surface area (Å²) in [5, 5.41) is 5.12. The number of ether oxygens (including phenoxy) is 3. The molecule has 1 aromatic heterocycles. The van der Waals surface area contributed by atoms with Crippen molar-refractivity contribution in [3.63, 3.8) is 0 Å². The zero-order valence-electron chi connectivity index (χ0n) is 14.5. The number of rotatable bonds is 3. The molecule has 0 saturated carbocycles. The van der Waals surface area contributed by atoms with Crippen LogP contribution >= 0.6 is 11.3 Å². The van der Waals surface area contributed by atoms with E-state index in [4.69, 9.17) is 14.2 Å². The molecule has 4 atom stereocenters. The minimum Gasteiger partial charge on any atom is -0.454 e. The number of nitrogens with zero attached hydrogens (tertiary/aromatic N) is 2. The maximum absolute atomic E-state index is 13.3. The number of aromatic nitrogens is 1. The van der Waals surface area contributed by atoms with Gasteiger partial charge in [0.15, 0.2) is 16.6 Å². The molecule has 4 aliphatic heterocycles. The number of hydrogen-bond donors (Lipinski definition) is 1. The monoisotopic (exact) mass is 397 g/mol. The van der Waals surface area contributed by atoms with Crippen LogP contribution in [0.5, 0.6) is 11.5 Å². The fourth-order valence-electron chi connectivity index (χ4n) is 4.54. The van der Waals surface area contributed by atoms with Crippen molar-refractivity contribution in [2.75, 3.05) is 23.6 Å². The van der Waals surface area contributed by atoms with Crippen LogP contribution in [0.2, 0.25) is 0 Å². The van der Waals surface area contributed by atoms with Crippen molar-refractivity contribution in [1.29, 1.82) is 0 Å². The minimum atomic E-state index is -0.775. The fraction of sp³-hybridized carbons (Fsp3) is 0.316. The average Bonchev–Trinajstić information content (AvgIpc) is 3.49. The van der Waals surface area contributed by atoms with E-state index in [0.29, 0.717) is 28.9 Å². The molecular weight excluding hydrogens is 382 g/mol. The molecule has 0 unspecified atom stereocenters. The summed E-state index contributed by atoms with van der Waals surface area (Å²) in [6.45, 7) is 0.538. The van der Waals surface area contributed by atoms with Crippen LogP contribution in [0.25, 0.3) is 0 Å². The number of fused-ring (bicyclic) bond motifs is 2. The molecule has 2 saturated heterocycles. The van der Waals surface area contributed by atoms with Gasteiger partial charge in [-0.15, -0.1) is 11.3 Å². The van der Waals surface area contributed by atoms with E-state index in [0.717, 1.165) is 0 Å². The number of thiazole rings is 1. The van der Waals surface area contributed by atoms with E-state index < -0.39 is 23.5 Å². The summed E-state index contributed by atoms with van der Waals surface area (Å²) in [6.07, 6.45) is 5.05. The molecular formula is C19H15N3O5S. The van der Waals surface area contributed by atoms with Gasteiger partial charge in [-0.3, -0.25) is 9.59 Å².